The van der Waals surface area contributed by atoms with E-state index in [4.69, 9.17) is 4.74 Å². The molecule has 0 atom stereocenters. The molecule has 0 aliphatic carbocycles. The van der Waals surface area contributed by atoms with Gasteiger partial charge in [0.05, 0.1) is 12.8 Å². The van der Waals surface area contributed by atoms with Crippen LogP contribution in [0, 0.1) is 0 Å². The standard InChI is InChI=1S/C21H23NO3/c1-21(2,3)15-7-5-14(6-8-15)20(24)22-12-11-19(23)17-10-9-16(25-4)13-18(17)22/h5-10,13H,11-12H2,1-4H3. The number of amides is 1. The Bertz CT molecular complexity index is 816. The Morgan fingerprint density at radius 2 is 1.76 bits per heavy atom. The molecule has 130 valence electrons. The minimum atomic E-state index is -0.0949. The molecule has 3 rings (SSSR count). The van der Waals surface area contributed by atoms with Crippen molar-refractivity contribution < 1.29 is 14.3 Å². The molecule has 1 aliphatic heterocycles. The van der Waals surface area contributed by atoms with Crippen molar-refractivity contribution in [3.05, 3.63) is 59.2 Å². The molecular weight excluding hydrogens is 314 g/mol. The molecule has 0 saturated heterocycles. The molecule has 1 heterocycles. The fourth-order valence-electron chi connectivity index (χ4n) is 3.05. The third-order valence-corrected chi connectivity index (χ3v) is 4.60. The minimum Gasteiger partial charge on any atom is -0.497 e. The molecule has 0 unspecified atom stereocenters. The minimum absolute atomic E-state index is 0.0408. The Kier molecular flexibility index (Phi) is 4.38. The van der Waals surface area contributed by atoms with Crippen molar-refractivity contribution in [2.75, 3.05) is 18.6 Å². The Morgan fingerprint density at radius 3 is 2.36 bits per heavy atom. The molecule has 0 N–H and O–H groups in total. The van der Waals surface area contributed by atoms with Crippen LogP contribution in [0.4, 0.5) is 5.69 Å². The summed E-state index contributed by atoms with van der Waals surface area (Å²) < 4.78 is 5.25. The normalized spacial score (nSPS) is 14.2. The lowest BCUT2D eigenvalue weighted by Gasteiger charge is -2.29. The Balaban J connectivity index is 1.96. The molecule has 0 saturated carbocycles. The maximum absolute atomic E-state index is 13.0. The predicted octanol–water partition coefficient (Wildman–Crippen LogP) is 4.23. The maximum atomic E-state index is 13.0. The number of carbonyl (C=O) groups excluding carboxylic acids is 2. The molecule has 0 radical (unpaired) electrons. The predicted molar refractivity (Wildman–Crippen MR) is 98.8 cm³/mol. The average Bonchev–Trinajstić information content (AvgIpc) is 2.60. The van der Waals surface area contributed by atoms with Crippen molar-refractivity contribution in [3.63, 3.8) is 0 Å². The number of carbonyl (C=O) groups is 2. The molecule has 25 heavy (non-hydrogen) atoms. The highest BCUT2D eigenvalue weighted by Gasteiger charge is 2.28. The smallest absolute Gasteiger partial charge is 0.258 e. The Morgan fingerprint density at radius 1 is 1.08 bits per heavy atom. The van der Waals surface area contributed by atoms with Gasteiger partial charge in [0.15, 0.2) is 5.78 Å². The summed E-state index contributed by atoms with van der Waals surface area (Å²) in [7, 11) is 1.57. The van der Waals surface area contributed by atoms with Gasteiger partial charge in [0, 0.05) is 30.2 Å². The molecule has 2 aromatic rings. The highest BCUT2D eigenvalue weighted by atomic mass is 16.5. The van der Waals surface area contributed by atoms with E-state index in [-0.39, 0.29) is 17.1 Å². The van der Waals surface area contributed by atoms with Gasteiger partial charge in [-0.3, -0.25) is 9.59 Å². The largest absolute Gasteiger partial charge is 0.497 e. The Hall–Kier alpha value is -2.62. The number of benzene rings is 2. The zero-order valence-electron chi connectivity index (χ0n) is 15.1. The topological polar surface area (TPSA) is 46.6 Å². The summed E-state index contributed by atoms with van der Waals surface area (Å²) in [6, 6.07) is 13.0. The van der Waals surface area contributed by atoms with E-state index < -0.39 is 0 Å². The SMILES string of the molecule is COc1ccc2c(c1)N(C(=O)c1ccc(C(C)(C)C)cc1)CCC2=O. The highest BCUT2D eigenvalue weighted by Crippen LogP contribution is 2.32. The van der Waals surface area contributed by atoms with Crippen molar-refractivity contribution in [1.82, 2.24) is 0 Å². The third kappa shape index (κ3) is 3.29. The van der Waals surface area contributed by atoms with E-state index in [0.717, 1.165) is 0 Å². The average molecular weight is 337 g/mol. The molecule has 0 fully saturated rings. The van der Waals surface area contributed by atoms with Crippen molar-refractivity contribution >= 4 is 17.4 Å². The second-order valence-corrected chi connectivity index (χ2v) is 7.34. The highest BCUT2D eigenvalue weighted by molar-refractivity contribution is 6.13. The first-order valence-electron chi connectivity index (χ1n) is 8.45. The van der Waals surface area contributed by atoms with E-state index in [2.05, 4.69) is 20.8 Å². The van der Waals surface area contributed by atoms with Crippen molar-refractivity contribution in [2.45, 2.75) is 32.6 Å². The zero-order chi connectivity index (χ0) is 18.2. The van der Waals surface area contributed by atoms with E-state index in [0.29, 0.717) is 35.5 Å². The number of fused-ring (bicyclic) bond motifs is 1. The second-order valence-electron chi connectivity index (χ2n) is 7.34. The quantitative estimate of drug-likeness (QED) is 0.824. The number of hydrogen-bond acceptors (Lipinski definition) is 3. The molecule has 1 amide bonds. The van der Waals surface area contributed by atoms with Gasteiger partial charge >= 0.3 is 0 Å². The fourth-order valence-corrected chi connectivity index (χ4v) is 3.05. The summed E-state index contributed by atoms with van der Waals surface area (Å²) in [5.74, 6) is 0.599. The third-order valence-electron chi connectivity index (χ3n) is 4.60. The van der Waals surface area contributed by atoms with Gasteiger partial charge < -0.3 is 9.64 Å². The van der Waals surface area contributed by atoms with E-state index in [1.165, 1.54) is 5.56 Å². The van der Waals surface area contributed by atoms with Crippen LogP contribution in [0.1, 0.15) is 53.5 Å². The van der Waals surface area contributed by atoms with Gasteiger partial charge in [-0.1, -0.05) is 32.9 Å². The van der Waals surface area contributed by atoms with Crippen LogP contribution in [0.2, 0.25) is 0 Å². The summed E-state index contributed by atoms with van der Waals surface area (Å²) in [5, 5.41) is 0. The summed E-state index contributed by atoms with van der Waals surface area (Å²) >= 11 is 0. The van der Waals surface area contributed by atoms with Crippen LogP contribution < -0.4 is 9.64 Å². The molecule has 4 heteroatoms. The number of Topliss-reactive ketones (excluding diaryl/α,β-unsaturated/α-hetero) is 1. The molecule has 4 nitrogen and oxygen atoms in total. The molecule has 0 aromatic heterocycles. The Labute approximate surface area is 148 Å². The summed E-state index contributed by atoms with van der Waals surface area (Å²) in [6.07, 6.45) is 0.338. The van der Waals surface area contributed by atoms with Crippen LogP contribution in [0.15, 0.2) is 42.5 Å². The number of ketones is 1. The lowest BCUT2D eigenvalue weighted by Crippen LogP contribution is -2.37. The lowest BCUT2D eigenvalue weighted by atomic mass is 9.86. The molecule has 0 bridgehead atoms. The van der Waals surface area contributed by atoms with Crippen LogP contribution in [-0.2, 0) is 5.41 Å². The van der Waals surface area contributed by atoms with Gasteiger partial charge in [-0.2, -0.15) is 0 Å². The number of nitrogens with zero attached hydrogens (tertiary/aromatic N) is 1. The maximum Gasteiger partial charge on any atom is 0.258 e. The van der Waals surface area contributed by atoms with E-state index in [1.807, 2.05) is 24.3 Å². The van der Waals surface area contributed by atoms with E-state index >= 15 is 0 Å². The zero-order valence-corrected chi connectivity index (χ0v) is 15.1. The van der Waals surface area contributed by atoms with Gasteiger partial charge in [-0.25, -0.2) is 0 Å². The van der Waals surface area contributed by atoms with E-state index in [1.54, 1.807) is 30.2 Å². The number of methoxy groups -OCH3 is 1. The van der Waals surface area contributed by atoms with Gasteiger partial charge in [0.2, 0.25) is 0 Å². The number of hydrogen-bond donors (Lipinski definition) is 0. The van der Waals surface area contributed by atoms with Gasteiger partial charge in [0.1, 0.15) is 5.75 Å². The van der Waals surface area contributed by atoms with Gasteiger partial charge in [0.25, 0.3) is 5.91 Å². The van der Waals surface area contributed by atoms with Gasteiger partial charge in [-0.15, -0.1) is 0 Å². The summed E-state index contributed by atoms with van der Waals surface area (Å²) in [6.45, 7) is 6.81. The first kappa shape index (κ1) is 17.2. The van der Waals surface area contributed by atoms with Crippen LogP contribution >= 0.6 is 0 Å². The monoisotopic (exact) mass is 337 g/mol. The van der Waals surface area contributed by atoms with E-state index in [9.17, 15) is 9.59 Å². The summed E-state index contributed by atoms with van der Waals surface area (Å²) in [4.78, 5) is 26.8. The van der Waals surface area contributed by atoms with Crippen LogP contribution in [0.25, 0.3) is 0 Å². The summed E-state index contributed by atoms with van der Waals surface area (Å²) in [5.41, 5.74) is 3.04. The molecular formula is C21H23NO3. The first-order valence-corrected chi connectivity index (χ1v) is 8.45. The van der Waals surface area contributed by atoms with Crippen LogP contribution in [-0.4, -0.2) is 25.3 Å². The fraction of sp³-hybridized carbons (Fsp3) is 0.333. The molecule has 2 aromatic carbocycles. The van der Waals surface area contributed by atoms with Crippen LogP contribution in [0.5, 0.6) is 5.75 Å². The van der Waals surface area contributed by atoms with Crippen molar-refractivity contribution in [3.8, 4) is 5.75 Å². The second kappa shape index (κ2) is 6.36. The molecule has 0 spiro atoms. The molecule has 1 aliphatic rings. The van der Waals surface area contributed by atoms with Crippen molar-refractivity contribution in [2.24, 2.45) is 0 Å². The number of ether oxygens (including phenoxy) is 1. The van der Waals surface area contributed by atoms with Crippen molar-refractivity contribution in [1.29, 1.82) is 0 Å². The number of rotatable bonds is 2. The first-order chi connectivity index (χ1) is 11.8. The number of anilines is 1. The lowest BCUT2D eigenvalue weighted by molar-refractivity contribution is 0.0955. The van der Waals surface area contributed by atoms with Gasteiger partial charge in [-0.05, 0) is 35.2 Å². The van der Waals surface area contributed by atoms with Crippen LogP contribution in [0.3, 0.4) is 0 Å².